The van der Waals surface area contributed by atoms with Crippen LogP contribution in [0, 0.1) is 5.82 Å². The predicted molar refractivity (Wildman–Crippen MR) is 108 cm³/mol. The summed E-state index contributed by atoms with van der Waals surface area (Å²) in [6.07, 6.45) is 0. The third-order valence-corrected chi connectivity index (χ3v) is 4.86. The molecule has 0 radical (unpaired) electrons. The molecule has 1 N–H and O–H groups in total. The molecule has 0 aliphatic heterocycles. The molecule has 3 aromatic carbocycles. The van der Waals surface area contributed by atoms with E-state index >= 15 is 0 Å². The number of para-hydroxylation sites is 1. The topological polar surface area (TPSA) is 32.3 Å². The molecule has 138 valence electrons. The summed E-state index contributed by atoms with van der Waals surface area (Å²) in [7, 11) is 0. The zero-order valence-corrected chi connectivity index (χ0v) is 16.2. The van der Waals surface area contributed by atoms with Gasteiger partial charge in [0.15, 0.2) is 0 Å². The first kappa shape index (κ1) is 19.5. The highest BCUT2D eigenvalue weighted by atomic mass is 35.5. The van der Waals surface area contributed by atoms with E-state index in [1.807, 2.05) is 6.07 Å². The number of carbonyl (C=O) groups excluding carboxylic acids is 1. The van der Waals surface area contributed by atoms with Crippen LogP contribution >= 0.6 is 34.8 Å². The van der Waals surface area contributed by atoms with Crippen molar-refractivity contribution in [2.45, 2.75) is 6.54 Å². The monoisotopic (exact) mass is 422 g/mol. The first-order valence-corrected chi connectivity index (χ1v) is 9.11. The number of carbonyl (C=O) groups is 1. The zero-order valence-electron chi connectivity index (χ0n) is 13.9. The number of amides is 1. The summed E-state index contributed by atoms with van der Waals surface area (Å²) in [5, 5.41) is 2.20. The van der Waals surface area contributed by atoms with Crippen LogP contribution in [-0.2, 0) is 6.54 Å². The van der Waals surface area contributed by atoms with Crippen LogP contribution in [0.15, 0.2) is 66.7 Å². The minimum absolute atomic E-state index is 0.0172. The molecule has 1 amide bonds. The molecule has 0 aliphatic carbocycles. The maximum atomic E-state index is 14.2. The van der Waals surface area contributed by atoms with Crippen molar-refractivity contribution < 1.29 is 9.18 Å². The van der Waals surface area contributed by atoms with E-state index in [2.05, 4.69) is 5.43 Å². The van der Waals surface area contributed by atoms with E-state index in [4.69, 9.17) is 34.8 Å². The van der Waals surface area contributed by atoms with Crippen molar-refractivity contribution in [1.29, 1.82) is 0 Å². The summed E-state index contributed by atoms with van der Waals surface area (Å²) in [5.74, 6) is -0.977. The summed E-state index contributed by atoms with van der Waals surface area (Å²) in [6.45, 7) is 0.0172. The zero-order chi connectivity index (χ0) is 19.4. The molecule has 7 heteroatoms. The van der Waals surface area contributed by atoms with E-state index < -0.39 is 11.7 Å². The van der Waals surface area contributed by atoms with Gasteiger partial charge in [-0.2, -0.15) is 0 Å². The maximum Gasteiger partial charge on any atom is 0.272 e. The van der Waals surface area contributed by atoms with Crippen LogP contribution in [0.5, 0.6) is 0 Å². The quantitative estimate of drug-likeness (QED) is 0.500. The fourth-order valence-corrected chi connectivity index (χ4v) is 3.33. The fraction of sp³-hybridized carbons (Fsp3) is 0.0500. The Hall–Kier alpha value is -2.27. The number of benzene rings is 3. The smallest absolute Gasteiger partial charge is 0.272 e. The van der Waals surface area contributed by atoms with Gasteiger partial charge in [0.05, 0.1) is 27.8 Å². The van der Waals surface area contributed by atoms with Crippen LogP contribution in [0.4, 0.5) is 10.1 Å². The van der Waals surface area contributed by atoms with E-state index in [0.29, 0.717) is 5.69 Å². The molecule has 0 fully saturated rings. The number of anilines is 1. The molecule has 27 heavy (non-hydrogen) atoms. The minimum atomic E-state index is -0.512. The summed E-state index contributed by atoms with van der Waals surface area (Å²) in [5.41, 5.74) is 3.78. The van der Waals surface area contributed by atoms with Crippen molar-refractivity contribution in [3.63, 3.8) is 0 Å². The Bertz CT molecular complexity index is 926. The number of hydrogen-bond acceptors (Lipinski definition) is 2. The Balaban J connectivity index is 1.95. The molecule has 0 aromatic heterocycles. The van der Waals surface area contributed by atoms with Gasteiger partial charge < -0.3 is 0 Å². The molecule has 3 aromatic rings. The molecule has 0 unspecified atom stereocenters. The van der Waals surface area contributed by atoms with Crippen molar-refractivity contribution in [3.05, 3.63) is 98.7 Å². The van der Waals surface area contributed by atoms with Gasteiger partial charge in [-0.3, -0.25) is 15.2 Å². The van der Waals surface area contributed by atoms with Crippen LogP contribution in [0.1, 0.15) is 15.9 Å². The molecule has 3 nitrogen and oxygen atoms in total. The Morgan fingerprint density at radius 3 is 2.07 bits per heavy atom. The second-order valence-electron chi connectivity index (χ2n) is 5.66. The number of nitrogens with one attached hydrogen (secondary N) is 1. The van der Waals surface area contributed by atoms with Gasteiger partial charge in [-0.15, -0.1) is 0 Å². The standard InChI is InChI=1S/C20H14Cl3FN2O/c21-15-8-5-11-18(24)14(15)12-26(13-6-2-1-3-7-13)25-20(27)19-16(22)9-4-10-17(19)23/h1-11H,12H2,(H,25,27). The maximum absolute atomic E-state index is 14.2. The number of hydrogen-bond donors (Lipinski definition) is 1. The molecule has 0 spiro atoms. The van der Waals surface area contributed by atoms with Gasteiger partial charge in [-0.25, -0.2) is 4.39 Å². The Labute approximate surface area is 171 Å². The fourth-order valence-electron chi connectivity index (χ4n) is 2.54. The van der Waals surface area contributed by atoms with E-state index in [0.717, 1.165) is 0 Å². The average molecular weight is 424 g/mol. The van der Waals surface area contributed by atoms with Crippen LogP contribution in [0.2, 0.25) is 15.1 Å². The summed E-state index contributed by atoms with van der Waals surface area (Å²) < 4.78 is 14.2. The number of halogens is 4. The first-order valence-electron chi connectivity index (χ1n) is 7.98. The number of rotatable bonds is 5. The predicted octanol–water partition coefficient (Wildman–Crippen LogP) is 6.14. The molecular weight excluding hydrogens is 410 g/mol. The lowest BCUT2D eigenvalue weighted by atomic mass is 10.2. The summed E-state index contributed by atoms with van der Waals surface area (Å²) >= 11 is 18.4. The Kier molecular flexibility index (Phi) is 6.22. The van der Waals surface area contributed by atoms with Gasteiger partial charge in [-0.05, 0) is 36.4 Å². The van der Waals surface area contributed by atoms with E-state index in [-0.39, 0.29) is 32.7 Å². The van der Waals surface area contributed by atoms with Gasteiger partial charge in [0, 0.05) is 10.6 Å². The Morgan fingerprint density at radius 1 is 0.852 bits per heavy atom. The lowest BCUT2D eigenvalue weighted by Gasteiger charge is -2.26. The first-order chi connectivity index (χ1) is 13.0. The average Bonchev–Trinajstić information content (AvgIpc) is 2.64. The van der Waals surface area contributed by atoms with Gasteiger partial charge in [-0.1, -0.05) is 65.1 Å². The van der Waals surface area contributed by atoms with Crippen molar-refractivity contribution >= 4 is 46.4 Å². The molecule has 0 saturated carbocycles. The summed E-state index contributed by atoms with van der Waals surface area (Å²) in [4.78, 5) is 12.8. The lowest BCUT2D eigenvalue weighted by Crippen LogP contribution is -2.42. The van der Waals surface area contributed by atoms with Crippen LogP contribution in [-0.4, -0.2) is 5.91 Å². The van der Waals surface area contributed by atoms with Gasteiger partial charge in [0.25, 0.3) is 5.91 Å². The van der Waals surface area contributed by atoms with E-state index in [1.54, 1.807) is 48.5 Å². The number of hydrazine groups is 1. The molecular formula is C20H14Cl3FN2O. The normalized spacial score (nSPS) is 10.5. The Morgan fingerprint density at radius 2 is 1.44 bits per heavy atom. The highest BCUT2D eigenvalue weighted by Gasteiger charge is 2.20. The molecule has 0 heterocycles. The van der Waals surface area contributed by atoms with Crippen LogP contribution < -0.4 is 10.4 Å². The third-order valence-electron chi connectivity index (χ3n) is 3.87. The third kappa shape index (κ3) is 4.53. The van der Waals surface area contributed by atoms with E-state index in [1.165, 1.54) is 17.1 Å². The van der Waals surface area contributed by atoms with Crippen molar-refractivity contribution in [2.24, 2.45) is 0 Å². The molecule has 3 rings (SSSR count). The number of nitrogens with zero attached hydrogens (tertiary/aromatic N) is 1. The second-order valence-corrected chi connectivity index (χ2v) is 6.88. The van der Waals surface area contributed by atoms with Crippen LogP contribution in [0.3, 0.4) is 0 Å². The van der Waals surface area contributed by atoms with Crippen LogP contribution in [0.25, 0.3) is 0 Å². The van der Waals surface area contributed by atoms with Gasteiger partial charge in [0.1, 0.15) is 5.82 Å². The molecule has 0 atom stereocenters. The SMILES string of the molecule is O=C(NN(Cc1c(F)cccc1Cl)c1ccccc1)c1c(Cl)cccc1Cl. The second kappa shape index (κ2) is 8.61. The highest BCUT2D eigenvalue weighted by molar-refractivity contribution is 6.39. The van der Waals surface area contributed by atoms with Crippen molar-refractivity contribution in [1.82, 2.24) is 5.43 Å². The highest BCUT2D eigenvalue weighted by Crippen LogP contribution is 2.26. The van der Waals surface area contributed by atoms with Gasteiger partial charge in [0.2, 0.25) is 0 Å². The molecule has 0 saturated heterocycles. The minimum Gasteiger partial charge on any atom is -0.281 e. The largest absolute Gasteiger partial charge is 0.281 e. The van der Waals surface area contributed by atoms with E-state index in [9.17, 15) is 9.18 Å². The van der Waals surface area contributed by atoms with Crippen molar-refractivity contribution in [2.75, 3.05) is 5.01 Å². The van der Waals surface area contributed by atoms with Crippen molar-refractivity contribution in [3.8, 4) is 0 Å². The molecule has 0 aliphatic rings. The lowest BCUT2D eigenvalue weighted by molar-refractivity contribution is 0.0948. The summed E-state index contributed by atoms with van der Waals surface area (Å²) in [6, 6.07) is 18.2. The van der Waals surface area contributed by atoms with Gasteiger partial charge >= 0.3 is 0 Å². The molecule has 0 bridgehead atoms.